The van der Waals surface area contributed by atoms with E-state index < -0.39 is 4.92 Å². The fourth-order valence-corrected chi connectivity index (χ4v) is 2.17. The minimum atomic E-state index is -0.407. The van der Waals surface area contributed by atoms with Gasteiger partial charge in [-0.05, 0) is 19.3 Å². The van der Waals surface area contributed by atoms with Crippen molar-refractivity contribution in [1.82, 2.24) is 10.2 Å². The molecule has 0 aliphatic carbocycles. The minimum Gasteiger partial charge on any atom is -0.376 e. The molecule has 0 aromatic rings. The normalized spacial score (nSPS) is 28.1. The van der Waals surface area contributed by atoms with Crippen molar-refractivity contribution in [3.63, 3.8) is 0 Å². The molecule has 6 nitrogen and oxygen atoms in total. The first-order valence-corrected chi connectivity index (χ1v) is 5.71. The van der Waals surface area contributed by atoms with Gasteiger partial charge >= 0.3 is 0 Å². The predicted octanol–water partition coefficient (Wildman–Crippen LogP) is 0.536. The average Bonchev–Trinajstić information content (AvgIpc) is 2.73. The second-order valence-electron chi connectivity index (χ2n) is 4.16. The number of hydrogen-bond acceptors (Lipinski definition) is 5. The van der Waals surface area contributed by atoms with Crippen LogP contribution in [0.15, 0.2) is 12.0 Å². The summed E-state index contributed by atoms with van der Waals surface area (Å²) >= 11 is 0. The van der Waals surface area contributed by atoms with Crippen molar-refractivity contribution < 1.29 is 9.66 Å². The lowest BCUT2D eigenvalue weighted by atomic mass is 10.2. The summed E-state index contributed by atoms with van der Waals surface area (Å²) in [6, 6.07) is 0. The molecule has 2 saturated heterocycles. The molecule has 0 radical (unpaired) electrons. The Morgan fingerprint density at radius 1 is 1.62 bits per heavy atom. The highest BCUT2D eigenvalue weighted by Crippen LogP contribution is 2.17. The second-order valence-corrected chi connectivity index (χ2v) is 4.16. The van der Waals surface area contributed by atoms with Crippen molar-refractivity contribution in [3.05, 3.63) is 22.1 Å². The number of nitrogens with one attached hydrogen (secondary N) is 1. The predicted molar refractivity (Wildman–Crippen MR) is 58.2 cm³/mol. The van der Waals surface area contributed by atoms with Gasteiger partial charge in [0.2, 0.25) is 0 Å². The average molecular weight is 227 g/mol. The molecule has 2 aliphatic rings. The van der Waals surface area contributed by atoms with Crippen LogP contribution in [0.25, 0.3) is 0 Å². The molecular weight excluding hydrogens is 210 g/mol. The summed E-state index contributed by atoms with van der Waals surface area (Å²) in [6.07, 6.45) is 4.45. The summed E-state index contributed by atoms with van der Waals surface area (Å²) in [5.74, 6) is 0.617. The summed E-state index contributed by atoms with van der Waals surface area (Å²) in [4.78, 5) is 12.1. The Balaban J connectivity index is 1.95. The van der Waals surface area contributed by atoms with Gasteiger partial charge in [-0.15, -0.1) is 0 Å². The van der Waals surface area contributed by atoms with E-state index in [0.717, 1.165) is 51.7 Å². The SMILES string of the molecule is O=[N+]([O-])/C=C1\NCCCN1CC1CCCO1. The molecule has 0 aromatic carbocycles. The van der Waals surface area contributed by atoms with Gasteiger partial charge in [-0.2, -0.15) is 0 Å². The first-order valence-electron chi connectivity index (χ1n) is 5.71. The van der Waals surface area contributed by atoms with E-state index in [2.05, 4.69) is 5.32 Å². The Morgan fingerprint density at radius 2 is 2.50 bits per heavy atom. The monoisotopic (exact) mass is 227 g/mol. The third kappa shape index (κ3) is 2.85. The zero-order valence-electron chi connectivity index (χ0n) is 9.22. The molecule has 2 heterocycles. The van der Waals surface area contributed by atoms with E-state index in [9.17, 15) is 10.1 Å². The van der Waals surface area contributed by atoms with E-state index >= 15 is 0 Å². The maximum Gasteiger partial charge on any atom is 0.274 e. The van der Waals surface area contributed by atoms with Crippen LogP contribution in [0.2, 0.25) is 0 Å². The second kappa shape index (κ2) is 5.16. The molecule has 0 amide bonds. The van der Waals surface area contributed by atoms with Gasteiger partial charge in [-0.25, -0.2) is 0 Å². The lowest BCUT2D eigenvalue weighted by molar-refractivity contribution is -0.404. The zero-order chi connectivity index (χ0) is 11.4. The molecule has 16 heavy (non-hydrogen) atoms. The Labute approximate surface area is 94.4 Å². The van der Waals surface area contributed by atoms with Crippen molar-refractivity contribution in [3.8, 4) is 0 Å². The molecule has 1 unspecified atom stereocenters. The van der Waals surface area contributed by atoms with E-state index in [-0.39, 0.29) is 6.10 Å². The van der Waals surface area contributed by atoms with E-state index in [0.29, 0.717) is 5.82 Å². The largest absolute Gasteiger partial charge is 0.376 e. The molecule has 2 aliphatic heterocycles. The highest BCUT2D eigenvalue weighted by atomic mass is 16.6. The Hall–Kier alpha value is -1.30. The van der Waals surface area contributed by atoms with Crippen molar-refractivity contribution in [1.29, 1.82) is 0 Å². The maximum atomic E-state index is 10.5. The lowest BCUT2D eigenvalue weighted by Gasteiger charge is -2.32. The van der Waals surface area contributed by atoms with Crippen LogP contribution in [0.4, 0.5) is 0 Å². The van der Waals surface area contributed by atoms with Gasteiger partial charge in [0.25, 0.3) is 6.20 Å². The molecule has 1 atom stereocenters. The molecule has 6 heteroatoms. The lowest BCUT2D eigenvalue weighted by Crippen LogP contribution is -2.43. The first kappa shape index (κ1) is 11.2. The fourth-order valence-electron chi connectivity index (χ4n) is 2.17. The van der Waals surface area contributed by atoms with Gasteiger partial charge in [-0.1, -0.05) is 0 Å². The van der Waals surface area contributed by atoms with Gasteiger partial charge in [0.15, 0.2) is 5.82 Å². The number of nitrogens with zero attached hydrogens (tertiary/aromatic N) is 2. The fraction of sp³-hybridized carbons (Fsp3) is 0.800. The van der Waals surface area contributed by atoms with Crippen LogP contribution in [-0.4, -0.2) is 42.2 Å². The summed E-state index contributed by atoms with van der Waals surface area (Å²) in [7, 11) is 0. The van der Waals surface area contributed by atoms with Crippen LogP contribution in [0.3, 0.4) is 0 Å². The third-order valence-corrected chi connectivity index (χ3v) is 2.93. The molecule has 2 fully saturated rings. The topological polar surface area (TPSA) is 67.6 Å². The molecule has 0 saturated carbocycles. The van der Waals surface area contributed by atoms with Crippen LogP contribution in [0.5, 0.6) is 0 Å². The van der Waals surface area contributed by atoms with Gasteiger partial charge in [-0.3, -0.25) is 10.1 Å². The maximum absolute atomic E-state index is 10.5. The summed E-state index contributed by atoms with van der Waals surface area (Å²) in [6.45, 7) is 3.25. The van der Waals surface area contributed by atoms with Gasteiger partial charge in [0.05, 0.1) is 11.0 Å². The van der Waals surface area contributed by atoms with Crippen LogP contribution >= 0.6 is 0 Å². The van der Waals surface area contributed by atoms with Crippen molar-refractivity contribution in [2.45, 2.75) is 25.4 Å². The van der Waals surface area contributed by atoms with E-state index in [4.69, 9.17) is 4.74 Å². The van der Waals surface area contributed by atoms with Crippen LogP contribution < -0.4 is 5.32 Å². The first-order chi connectivity index (χ1) is 7.75. The minimum absolute atomic E-state index is 0.232. The smallest absolute Gasteiger partial charge is 0.274 e. The number of nitro groups is 1. The molecule has 0 bridgehead atoms. The summed E-state index contributed by atoms with van der Waals surface area (Å²) in [5.41, 5.74) is 0. The Bertz CT molecular complexity index is 287. The van der Waals surface area contributed by atoms with E-state index in [1.165, 1.54) is 0 Å². The number of rotatable bonds is 3. The van der Waals surface area contributed by atoms with Crippen molar-refractivity contribution >= 4 is 0 Å². The van der Waals surface area contributed by atoms with Gasteiger partial charge < -0.3 is 15.0 Å². The van der Waals surface area contributed by atoms with Crippen LogP contribution in [0.1, 0.15) is 19.3 Å². The molecule has 90 valence electrons. The van der Waals surface area contributed by atoms with Crippen molar-refractivity contribution in [2.24, 2.45) is 0 Å². The molecule has 0 aromatic heterocycles. The van der Waals surface area contributed by atoms with Gasteiger partial charge in [0, 0.05) is 26.2 Å². The van der Waals surface area contributed by atoms with Crippen LogP contribution in [0, 0.1) is 10.1 Å². The quantitative estimate of drug-likeness (QED) is 0.563. The van der Waals surface area contributed by atoms with Crippen molar-refractivity contribution in [2.75, 3.05) is 26.2 Å². The summed E-state index contributed by atoms with van der Waals surface area (Å²) < 4.78 is 5.54. The molecular formula is C10H17N3O3. The zero-order valence-corrected chi connectivity index (χ0v) is 9.22. The standard InChI is InChI=1S/C10H17N3O3/c14-13(15)8-10-11-4-2-5-12(10)7-9-3-1-6-16-9/h8-9,11H,1-7H2/b10-8+. The van der Waals surface area contributed by atoms with Gasteiger partial charge in [0.1, 0.15) is 0 Å². The van der Waals surface area contributed by atoms with E-state index in [1.807, 2.05) is 4.90 Å². The molecule has 1 N–H and O–H groups in total. The highest BCUT2D eigenvalue weighted by Gasteiger charge is 2.23. The Kier molecular flexibility index (Phi) is 3.61. The molecule has 2 rings (SSSR count). The highest BCUT2D eigenvalue weighted by molar-refractivity contribution is 4.98. The molecule has 0 spiro atoms. The number of hydrogen-bond donors (Lipinski definition) is 1. The van der Waals surface area contributed by atoms with Crippen LogP contribution in [-0.2, 0) is 4.74 Å². The Morgan fingerprint density at radius 3 is 3.19 bits per heavy atom. The third-order valence-electron chi connectivity index (χ3n) is 2.93. The van der Waals surface area contributed by atoms with E-state index in [1.54, 1.807) is 0 Å². The number of ether oxygens (including phenoxy) is 1. The summed E-state index contributed by atoms with van der Waals surface area (Å²) in [5, 5.41) is 13.5.